The van der Waals surface area contributed by atoms with Gasteiger partial charge in [0, 0.05) is 38.6 Å². The van der Waals surface area contributed by atoms with Gasteiger partial charge in [-0.05, 0) is 19.3 Å². The van der Waals surface area contributed by atoms with Gasteiger partial charge in [-0.1, -0.05) is 5.16 Å². The fourth-order valence-corrected chi connectivity index (χ4v) is 4.11. The molecule has 0 N–H and O–H groups in total. The zero-order chi connectivity index (χ0) is 16.5. The minimum Gasteiger partial charge on any atom is -0.379 e. The monoisotopic (exact) mass is 335 g/mol. The Labute approximate surface area is 141 Å². The molecular formula is C17H25N3O4. The molecule has 0 aromatic carbocycles. The average molecular weight is 335 g/mol. The van der Waals surface area contributed by atoms with Crippen molar-refractivity contribution in [2.45, 2.75) is 19.4 Å². The number of likely N-dealkylation sites (tertiary alicyclic amines) is 1. The van der Waals surface area contributed by atoms with Crippen molar-refractivity contribution in [1.29, 1.82) is 0 Å². The van der Waals surface area contributed by atoms with Crippen LogP contribution in [0, 0.1) is 18.8 Å². The first-order valence-corrected chi connectivity index (χ1v) is 8.84. The number of fused-ring (bicyclic) bond motifs is 1. The predicted octanol–water partition coefficient (Wildman–Crippen LogP) is 0.792. The maximum atomic E-state index is 12.7. The Morgan fingerprint density at radius 1 is 1.33 bits per heavy atom. The summed E-state index contributed by atoms with van der Waals surface area (Å²) in [7, 11) is 0. The Morgan fingerprint density at radius 3 is 2.92 bits per heavy atom. The van der Waals surface area contributed by atoms with E-state index in [0.29, 0.717) is 23.2 Å². The molecule has 3 aliphatic heterocycles. The van der Waals surface area contributed by atoms with Crippen LogP contribution in [0.25, 0.3) is 0 Å². The molecule has 7 nitrogen and oxygen atoms in total. The number of ether oxygens (including phenoxy) is 2. The SMILES string of the molecule is Cc1oncc1C(=O)N1CC[C@H]2CO[C@H](CN3CCOCC3)[C@H]2C1. The van der Waals surface area contributed by atoms with E-state index in [4.69, 9.17) is 14.0 Å². The lowest BCUT2D eigenvalue weighted by Crippen LogP contribution is -2.48. The summed E-state index contributed by atoms with van der Waals surface area (Å²) in [6.45, 7) is 8.66. The Hall–Kier alpha value is -1.44. The molecule has 132 valence electrons. The lowest BCUT2D eigenvalue weighted by Gasteiger charge is -2.37. The number of aromatic nitrogens is 1. The zero-order valence-electron chi connectivity index (χ0n) is 14.1. The van der Waals surface area contributed by atoms with Crippen LogP contribution in [-0.4, -0.2) is 79.5 Å². The van der Waals surface area contributed by atoms with Gasteiger partial charge in [-0.2, -0.15) is 0 Å². The number of nitrogens with zero attached hydrogens (tertiary/aromatic N) is 3. The molecule has 7 heteroatoms. The topological polar surface area (TPSA) is 68.0 Å². The van der Waals surface area contributed by atoms with Crippen LogP contribution in [0.4, 0.5) is 0 Å². The summed E-state index contributed by atoms with van der Waals surface area (Å²) in [4.78, 5) is 17.1. The predicted molar refractivity (Wildman–Crippen MR) is 85.7 cm³/mol. The number of aryl methyl sites for hydroxylation is 1. The number of carbonyl (C=O) groups excluding carboxylic acids is 1. The van der Waals surface area contributed by atoms with E-state index in [0.717, 1.165) is 59.0 Å². The molecule has 3 fully saturated rings. The number of amides is 1. The van der Waals surface area contributed by atoms with E-state index < -0.39 is 0 Å². The van der Waals surface area contributed by atoms with E-state index in [2.05, 4.69) is 10.1 Å². The van der Waals surface area contributed by atoms with Gasteiger partial charge in [0.2, 0.25) is 0 Å². The summed E-state index contributed by atoms with van der Waals surface area (Å²) in [6, 6.07) is 0. The zero-order valence-corrected chi connectivity index (χ0v) is 14.1. The summed E-state index contributed by atoms with van der Waals surface area (Å²) in [6.07, 6.45) is 2.76. The third kappa shape index (κ3) is 3.08. The largest absolute Gasteiger partial charge is 0.379 e. The van der Waals surface area contributed by atoms with E-state index in [9.17, 15) is 4.79 Å². The molecule has 0 saturated carbocycles. The Bertz CT molecular complexity index is 584. The molecule has 24 heavy (non-hydrogen) atoms. The lowest BCUT2D eigenvalue weighted by atomic mass is 9.84. The van der Waals surface area contributed by atoms with Crippen LogP contribution in [0.1, 0.15) is 22.5 Å². The maximum absolute atomic E-state index is 12.7. The van der Waals surface area contributed by atoms with Crippen molar-refractivity contribution in [2.24, 2.45) is 11.8 Å². The van der Waals surface area contributed by atoms with Crippen molar-refractivity contribution in [1.82, 2.24) is 15.0 Å². The van der Waals surface area contributed by atoms with Gasteiger partial charge >= 0.3 is 0 Å². The number of carbonyl (C=O) groups is 1. The van der Waals surface area contributed by atoms with Crippen LogP contribution in [0.5, 0.6) is 0 Å². The minimum atomic E-state index is 0.0317. The lowest BCUT2D eigenvalue weighted by molar-refractivity contribution is -0.00403. The van der Waals surface area contributed by atoms with E-state index in [1.807, 2.05) is 4.90 Å². The molecule has 0 unspecified atom stereocenters. The summed E-state index contributed by atoms with van der Waals surface area (Å²) in [5.41, 5.74) is 0.581. The molecule has 3 atom stereocenters. The van der Waals surface area contributed by atoms with Crippen LogP contribution >= 0.6 is 0 Å². The molecule has 1 aromatic heterocycles. The van der Waals surface area contributed by atoms with Gasteiger partial charge in [0.15, 0.2) is 0 Å². The van der Waals surface area contributed by atoms with Crippen LogP contribution in [0.3, 0.4) is 0 Å². The number of morpholine rings is 1. The second-order valence-electron chi connectivity index (χ2n) is 7.04. The first-order chi connectivity index (χ1) is 11.7. The molecule has 4 rings (SSSR count). The molecule has 3 saturated heterocycles. The van der Waals surface area contributed by atoms with E-state index in [-0.39, 0.29) is 12.0 Å². The Kier molecular flexibility index (Phi) is 4.56. The highest BCUT2D eigenvalue weighted by Crippen LogP contribution is 2.35. The van der Waals surface area contributed by atoms with E-state index >= 15 is 0 Å². The average Bonchev–Trinajstić information content (AvgIpc) is 3.21. The van der Waals surface area contributed by atoms with Crippen LogP contribution in [-0.2, 0) is 9.47 Å². The molecular weight excluding hydrogens is 310 g/mol. The number of hydrogen-bond donors (Lipinski definition) is 0. The number of piperidine rings is 1. The molecule has 3 aliphatic rings. The second-order valence-corrected chi connectivity index (χ2v) is 7.04. The van der Waals surface area contributed by atoms with Gasteiger partial charge in [0.25, 0.3) is 5.91 Å². The minimum absolute atomic E-state index is 0.0317. The molecule has 0 radical (unpaired) electrons. The van der Waals surface area contributed by atoms with Crippen molar-refractivity contribution in [3.05, 3.63) is 17.5 Å². The third-order valence-corrected chi connectivity index (χ3v) is 5.62. The van der Waals surface area contributed by atoms with Gasteiger partial charge in [-0.3, -0.25) is 9.69 Å². The van der Waals surface area contributed by atoms with Crippen molar-refractivity contribution in [3.63, 3.8) is 0 Å². The van der Waals surface area contributed by atoms with Gasteiger partial charge in [-0.15, -0.1) is 0 Å². The Balaban J connectivity index is 1.41. The van der Waals surface area contributed by atoms with Crippen LogP contribution < -0.4 is 0 Å². The summed E-state index contributed by atoms with van der Waals surface area (Å²) in [5.74, 6) is 1.62. The third-order valence-electron chi connectivity index (χ3n) is 5.62. The highest BCUT2D eigenvalue weighted by molar-refractivity contribution is 5.94. The van der Waals surface area contributed by atoms with Gasteiger partial charge < -0.3 is 18.9 Å². The molecule has 0 aliphatic carbocycles. The molecule has 0 bridgehead atoms. The maximum Gasteiger partial charge on any atom is 0.259 e. The highest BCUT2D eigenvalue weighted by Gasteiger charge is 2.43. The standard InChI is InChI=1S/C17H25N3O4/c1-12-14(8-18-24-12)17(21)20-3-2-13-11-23-16(15(13)9-20)10-19-4-6-22-7-5-19/h8,13,15-16H,2-7,9-11H2,1H3/t13-,15-,16+/m0/s1. The fraction of sp³-hybridized carbons (Fsp3) is 0.765. The number of rotatable bonds is 3. The van der Waals surface area contributed by atoms with Crippen molar-refractivity contribution < 1.29 is 18.8 Å². The summed E-state index contributed by atoms with van der Waals surface area (Å²) in [5, 5.41) is 3.73. The summed E-state index contributed by atoms with van der Waals surface area (Å²) < 4.78 is 16.6. The van der Waals surface area contributed by atoms with Crippen molar-refractivity contribution in [3.8, 4) is 0 Å². The normalized spacial score (nSPS) is 31.2. The van der Waals surface area contributed by atoms with Gasteiger partial charge in [0.05, 0.1) is 32.1 Å². The van der Waals surface area contributed by atoms with E-state index in [1.165, 1.54) is 6.20 Å². The van der Waals surface area contributed by atoms with Crippen LogP contribution in [0.15, 0.2) is 10.7 Å². The second kappa shape index (κ2) is 6.82. The first-order valence-electron chi connectivity index (χ1n) is 8.84. The first kappa shape index (κ1) is 16.1. The van der Waals surface area contributed by atoms with Crippen LogP contribution in [0.2, 0.25) is 0 Å². The van der Waals surface area contributed by atoms with Crippen molar-refractivity contribution in [2.75, 3.05) is 52.5 Å². The quantitative estimate of drug-likeness (QED) is 0.814. The fourth-order valence-electron chi connectivity index (χ4n) is 4.11. The Morgan fingerprint density at radius 2 is 2.17 bits per heavy atom. The summed E-state index contributed by atoms with van der Waals surface area (Å²) >= 11 is 0. The highest BCUT2D eigenvalue weighted by atomic mass is 16.5. The molecule has 1 aromatic rings. The van der Waals surface area contributed by atoms with Crippen molar-refractivity contribution >= 4 is 5.91 Å². The molecule has 1 amide bonds. The van der Waals surface area contributed by atoms with Gasteiger partial charge in [-0.25, -0.2) is 0 Å². The number of hydrogen-bond acceptors (Lipinski definition) is 6. The van der Waals surface area contributed by atoms with E-state index in [1.54, 1.807) is 6.92 Å². The van der Waals surface area contributed by atoms with Gasteiger partial charge in [0.1, 0.15) is 11.3 Å². The molecule has 4 heterocycles. The molecule has 0 spiro atoms. The smallest absolute Gasteiger partial charge is 0.259 e.